The van der Waals surface area contributed by atoms with Gasteiger partial charge in [0.2, 0.25) is 0 Å². The van der Waals surface area contributed by atoms with Crippen LogP contribution in [0, 0.1) is 29.6 Å². The first kappa shape index (κ1) is 18.3. The van der Waals surface area contributed by atoms with Gasteiger partial charge in [-0.3, -0.25) is 0 Å². The highest BCUT2D eigenvalue weighted by atomic mass is 16.5. The van der Waals surface area contributed by atoms with Gasteiger partial charge in [0.1, 0.15) is 5.75 Å². The smallest absolute Gasteiger partial charge is 0.336 e. The van der Waals surface area contributed by atoms with Gasteiger partial charge in [-0.2, -0.15) is 0 Å². The van der Waals surface area contributed by atoms with Crippen LogP contribution in [0.15, 0.2) is 42.5 Å². The molecule has 0 radical (unpaired) electrons. The first-order valence-corrected chi connectivity index (χ1v) is 10.6. The zero-order valence-electron chi connectivity index (χ0n) is 16.8. The van der Waals surface area contributed by atoms with E-state index in [2.05, 4.69) is 17.9 Å². The largest absolute Gasteiger partial charge is 0.496 e. The zero-order chi connectivity index (χ0) is 20.0. The summed E-state index contributed by atoms with van der Waals surface area (Å²) in [6, 6.07) is 13.2. The van der Waals surface area contributed by atoms with Gasteiger partial charge in [0.25, 0.3) is 0 Å². The highest BCUT2D eigenvalue weighted by Crippen LogP contribution is 2.61. The van der Waals surface area contributed by atoms with Crippen molar-refractivity contribution in [2.24, 2.45) is 17.8 Å². The molecule has 0 atom stereocenters. The van der Waals surface area contributed by atoms with Crippen molar-refractivity contribution in [3.05, 3.63) is 64.7 Å². The van der Waals surface area contributed by atoms with Crippen LogP contribution >= 0.6 is 0 Å². The molecule has 0 heterocycles. The number of hydrogen-bond acceptors (Lipinski definition) is 2. The molecule has 148 valence electrons. The third-order valence-electron chi connectivity index (χ3n) is 7.31. The molecule has 2 aromatic carbocycles. The van der Waals surface area contributed by atoms with Crippen molar-refractivity contribution < 1.29 is 14.6 Å². The summed E-state index contributed by atoms with van der Waals surface area (Å²) < 4.78 is 5.78. The number of rotatable bonds is 3. The lowest BCUT2D eigenvalue weighted by molar-refractivity contribution is -0.00616. The summed E-state index contributed by atoms with van der Waals surface area (Å²) in [5.41, 5.74) is 3.27. The van der Waals surface area contributed by atoms with Crippen molar-refractivity contribution in [1.82, 2.24) is 0 Å². The van der Waals surface area contributed by atoms with E-state index in [1.54, 1.807) is 25.3 Å². The van der Waals surface area contributed by atoms with E-state index in [1.807, 2.05) is 18.2 Å². The Balaban J connectivity index is 1.53. The molecule has 0 saturated heterocycles. The number of benzene rings is 2. The van der Waals surface area contributed by atoms with E-state index in [0.29, 0.717) is 5.56 Å². The predicted octanol–water partition coefficient (Wildman–Crippen LogP) is 5.26. The lowest BCUT2D eigenvalue weighted by atomic mass is 9.48. The molecule has 0 amide bonds. The fraction of sp³-hybridized carbons (Fsp3) is 0.423. The molecule has 0 aromatic heterocycles. The Hall–Kier alpha value is -2.73. The van der Waals surface area contributed by atoms with Crippen LogP contribution in [0.2, 0.25) is 0 Å². The Morgan fingerprint density at radius 3 is 2.28 bits per heavy atom. The SMILES string of the molecule is COc1ccc(C#Cc2ccccc2C(=O)O)cc1C12CC3CC(CC(C3)C1)C2. The summed E-state index contributed by atoms with van der Waals surface area (Å²) in [4.78, 5) is 11.4. The molecule has 3 nitrogen and oxygen atoms in total. The molecule has 3 heteroatoms. The fourth-order valence-corrected chi connectivity index (χ4v) is 6.56. The van der Waals surface area contributed by atoms with Crippen LogP contribution in [0.4, 0.5) is 0 Å². The molecule has 2 aromatic rings. The van der Waals surface area contributed by atoms with Gasteiger partial charge >= 0.3 is 5.97 Å². The van der Waals surface area contributed by atoms with Gasteiger partial charge in [-0.25, -0.2) is 4.79 Å². The average Bonchev–Trinajstić information content (AvgIpc) is 2.71. The summed E-state index contributed by atoms with van der Waals surface area (Å²) in [6.45, 7) is 0. The number of hydrogen-bond donors (Lipinski definition) is 1. The minimum atomic E-state index is -0.945. The summed E-state index contributed by atoms with van der Waals surface area (Å²) in [7, 11) is 1.76. The van der Waals surface area contributed by atoms with E-state index in [9.17, 15) is 9.90 Å². The van der Waals surface area contributed by atoms with E-state index < -0.39 is 5.97 Å². The highest BCUT2D eigenvalue weighted by Gasteiger charge is 2.52. The number of methoxy groups -OCH3 is 1. The standard InChI is InChI=1S/C26H26O3/c1-29-24-9-7-17(6-8-21-4-2-3-5-22(21)25(27)28)13-23(24)26-14-18-10-19(15-26)12-20(11-18)16-26/h2-5,7,9,13,18-20H,10-12,14-16H2,1H3,(H,27,28). The molecule has 1 N–H and O–H groups in total. The summed E-state index contributed by atoms with van der Waals surface area (Å²) in [5.74, 6) is 8.91. The van der Waals surface area contributed by atoms with Gasteiger partial charge in [0, 0.05) is 16.7 Å². The second-order valence-electron chi connectivity index (χ2n) is 9.21. The molecular weight excluding hydrogens is 360 g/mol. The lowest BCUT2D eigenvalue weighted by Gasteiger charge is -2.57. The van der Waals surface area contributed by atoms with Crippen LogP contribution in [0.3, 0.4) is 0 Å². The fourth-order valence-electron chi connectivity index (χ4n) is 6.56. The molecule has 4 fully saturated rings. The Morgan fingerprint density at radius 2 is 1.66 bits per heavy atom. The second-order valence-corrected chi connectivity index (χ2v) is 9.21. The first-order valence-electron chi connectivity index (χ1n) is 10.6. The third-order valence-corrected chi connectivity index (χ3v) is 7.31. The van der Waals surface area contributed by atoms with Crippen molar-refractivity contribution in [2.45, 2.75) is 43.9 Å². The Kier molecular flexibility index (Phi) is 4.39. The molecular formula is C26H26O3. The molecule has 4 aliphatic carbocycles. The van der Waals surface area contributed by atoms with Crippen molar-refractivity contribution in [1.29, 1.82) is 0 Å². The van der Waals surface area contributed by atoms with Crippen LogP contribution < -0.4 is 4.74 Å². The zero-order valence-corrected chi connectivity index (χ0v) is 16.8. The maximum atomic E-state index is 11.4. The Labute approximate surface area is 172 Å². The van der Waals surface area contributed by atoms with E-state index >= 15 is 0 Å². The number of carbonyl (C=O) groups is 1. The maximum absolute atomic E-state index is 11.4. The number of carboxylic acids is 1. The molecule has 4 bridgehead atoms. The Bertz CT molecular complexity index is 988. The van der Waals surface area contributed by atoms with Crippen LogP contribution in [0.1, 0.15) is 65.6 Å². The second kappa shape index (κ2) is 6.95. The van der Waals surface area contributed by atoms with Gasteiger partial charge in [-0.05, 0) is 92.0 Å². The molecule has 4 saturated carbocycles. The lowest BCUT2D eigenvalue weighted by Crippen LogP contribution is -2.48. The van der Waals surface area contributed by atoms with Crippen LogP contribution in [-0.4, -0.2) is 18.2 Å². The first-order chi connectivity index (χ1) is 14.1. The highest BCUT2D eigenvalue weighted by molar-refractivity contribution is 5.90. The van der Waals surface area contributed by atoms with Gasteiger partial charge in [-0.1, -0.05) is 24.0 Å². The van der Waals surface area contributed by atoms with Crippen LogP contribution in [0.25, 0.3) is 0 Å². The maximum Gasteiger partial charge on any atom is 0.336 e. The molecule has 0 spiro atoms. The topological polar surface area (TPSA) is 46.5 Å². The van der Waals surface area contributed by atoms with Gasteiger partial charge in [0.05, 0.1) is 12.7 Å². The third kappa shape index (κ3) is 3.21. The van der Waals surface area contributed by atoms with Crippen LogP contribution in [-0.2, 0) is 5.41 Å². The van der Waals surface area contributed by atoms with Crippen molar-refractivity contribution in [3.8, 4) is 17.6 Å². The van der Waals surface area contributed by atoms with E-state index in [-0.39, 0.29) is 11.0 Å². The normalized spacial score (nSPS) is 29.2. The summed E-state index contributed by atoms with van der Waals surface area (Å²) in [6.07, 6.45) is 8.05. The predicted molar refractivity (Wildman–Crippen MR) is 112 cm³/mol. The van der Waals surface area contributed by atoms with E-state index in [1.165, 1.54) is 44.1 Å². The molecule has 4 aliphatic rings. The number of ether oxygens (including phenoxy) is 1. The summed E-state index contributed by atoms with van der Waals surface area (Å²) in [5, 5.41) is 9.39. The minimum absolute atomic E-state index is 0.233. The Morgan fingerprint density at radius 1 is 1.00 bits per heavy atom. The van der Waals surface area contributed by atoms with Crippen molar-refractivity contribution in [2.75, 3.05) is 7.11 Å². The van der Waals surface area contributed by atoms with E-state index in [0.717, 1.165) is 29.1 Å². The van der Waals surface area contributed by atoms with Gasteiger partial charge in [0.15, 0.2) is 0 Å². The van der Waals surface area contributed by atoms with Crippen LogP contribution in [0.5, 0.6) is 5.75 Å². The number of aromatic carboxylic acids is 1. The average molecular weight is 386 g/mol. The number of carboxylic acid groups (broad SMARTS) is 1. The molecule has 6 rings (SSSR count). The molecule has 0 unspecified atom stereocenters. The van der Waals surface area contributed by atoms with Crippen molar-refractivity contribution in [3.63, 3.8) is 0 Å². The molecule has 29 heavy (non-hydrogen) atoms. The van der Waals surface area contributed by atoms with Crippen molar-refractivity contribution >= 4 is 5.97 Å². The summed E-state index contributed by atoms with van der Waals surface area (Å²) >= 11 is 0. The quantitative estimate of drug-likeness (QED) is 0.732. The molecule has 0 aliphatic heterocycles. The van der Waals surface area contributed by atoms with E-state index in [4.69, 9.17) is 4.74 Å². The minimum Gasteiger partial charge on any atom is -0.496 e. The van der Waals surface area contributed by atoms with Gasteiger partial charge < -0.3 is 9.84 Å². The van der Waals surface area contributed by atoms with Gasteiger partial charge in [-0.15, -0.1) is 0 Å². The monoisotopic (exact) mass is 386 g/mol.